The highest BCUT2D eigenvalue weighted by Gasteiger charge is 1.95. The first-order valence-corrected chi connectivity index (χ1v) is 5.59. The molecular weight excluding hydrogens is 200 g/mol. The molecule has 0 bridgehead atoms. The normalized spacial score (nSPS) is 12.4. The fraction of sp³-hybridized carbons (Fsp3) is 0.400. The van der Waals surface area contributed by atoms with Gasteiger partial charge in [0.15, 0.2) is 0 Å². The maximum absolute atomic E-state index is 10.2. The molecule has 0 amide bonds. The van der Waals surface area contributed by atoms with Crippen molar-refractivity contribution in [2.75, 3.05) is 0 Å². The minimum absolute atomic E-state index is 0.360. The lowest BCUT2D eigenvalue weighted by Gasteiger charge is -2.07. The Kier molecular flexibility index (Phi) is 4.62. The van der Waals surface area contributed by atoms with E-state index in [1.807, 2.05) is 12.1 Å². The molecule has 4 heteroatoms. The van der Waals surface area contributed by atoms with Crippen molar-refractivity contribution < 1.29 is 12.9 Å². The lowest BCUT2D eigenvalue weighted by atomic mass is 10.1. The first-order valence-electron chi connectivity index (χ1n) is 4.59. The van der Waals surface area contributed by atoms with Crippen LogP contribution in [0.1, 0.15) is 25.3 Å². The van der Waals surface area contributed by atoms with E-state index in [1.54, 1.807) is 12.1 Å². The first-order chi connectivity index (χ1) is 6.72. The fourth-order valence-corrected chi connectivity index (χ4v) is 1.44. The zero-order chi connectivity index (χ0) is 10.4. The second-order valence-corrected chi connectivity index (χ2v) is 3.61. The largest absolute Gasteiger partial charge is 0.740 e. The first kappa shape index (κ1) is 11.2. The van der Waals surface area contributed by atoms with Gasteiger partial charge in [-0.15, -0.1) is 0 Å². The average Bonchev–Trinajstić information content (AvgIpc) is 2.16. The van der Waals surface area contributed by atoms with Gasteiger partial charge in [-0.25, -0.2) is 4.21 Å². The predicted octanol–water partition coefficient (Wildman–Crippen LogP) is 2.20. The smallest absolute Gasteiger partial charge is 0.139 e. The van der Waals surface area contributed by atoms with E-state index in [4.69, 9.17) is 0 Å². The van der Waals surface area contributed by atoms with Crippen LogP contribution in [0.25, 0.3) is 0 Å². The molecule has 1 aromatic rings. The molecule has 0 aromatic heterocycles. The summed E-state index contributed by atoms with van der Waals surface area (Å²) in [5, 5.41) is 0. The highest BCUT2D eigenvalue weighted by atomic mass is 32.2. The summed E-state index contributed by atoms with van der Waals surface area (Å²) in [5.41, 5.74) is 1.20. The number of rotatable bonds is 5. The molecule has 78 valence electrons. The molecule has 0 N–H and O–H groups in total. The minimum Gasteiger partial charge on any atom is -0.740 e. The summed E-state index contributed by atoms with van der Waals surface area (Å²) in [7, 11) is 0. The van der Waals surface area contributed by atoms with E-state index < -0.39 is 11.4 Å². The molecule has 1 unspecified atom stereocenters. The molecule has 0 aliphatic carbocycles. The quantitative estimate of drug-likeness (QED) is 0.704. The van der Waals surface area contributed by atoms with Gasteiger partial charge in [-0.05, 0) is 30.5 Å². The van der Waals surface area contributed by atoms with E-state index in [2.05, 4.69) is 11.1 Å². The van der Waals surface area contributed by atoms with Crippen LogP contribution in [0, 0.1) is 0 Å². The average molecular weight is 213 g/mol. The van der Waals surface area contributed by atoms with Crippen molar-refractivity contribution in [3.63, 3.8) is 0 Å². The predicted molar refractivity (Wildman–Crippen MR) is 54.6 cm³/mol. The molecule has 0 heterocycles. The van der Waals surface area contributed by atoms with Crippen LogP contribution in [0.2, 0.25) is 0 Å². The SMILES string of the molecule is CCCCc1ccc(OS(=O)[O-])cc1. The van der Waals surface area contributed by atoms with E-state index in [9.17, 15) is 8.76 Å². The van der Waals surface area contributed by atoms with Gasteiger partial charge in [-0.3, -0.25) is 0 Å². The Hall–Kier alpha value is -0.870. The van der Waals surface area contributed by atoms with Crippen LogP contribution in [0.3, 0.4) is 0 Å². The van der Waals surface area contributed by atoms with Crippen LogP contribution < -0.4 is 4.18 Å². The third-order valence-electron chi connectivity index (χ3n) is 1.91. The monoisotopic (exact) mass is 213 g/mol. The van der Waals surface area contributed by atoms with Crippen LogP contribution >= 0.6 is 0 Å². The molecule has 0 saturated carbocycles. The number of aryl methyl sites for hydroxylation is 1. The van der Waals surface area contributed by atoms with E-state index in [-0.39, 0.29) is 0 Å². The van der Waals surface area contributed by atoms with E-state index in [1.165, 1.54) is 5.56 Å². The Labute approximate surface area is 86.6 Å². The summed E-state index contributed by atoms with van der Waals surface area (Å²) >= 11 is -2.48. The van der Waals surface area contributed by atoms with Gasteiger partial charge in [0.25, 0.3) is 0 Å². The molecule has 0 fully saturated rings. The van der Waals surface area contributed by atoms with Crippen LogP contribution in [0.15, 0.2) is 24.3 Å². The van der Waals surface area contributed by atoms with Crippen molar-refractivity contribution in [1.82, 2.24) is 0 Å². The van der Waals surface area contributed by atoms with Crippen molar-refractivity contribution in [1.29, 1.82) is 0 Å². The second-order valence-electron chi connectivity index (χ2n) is 3.03. The Bertz CT molecular complexity index is 295. The lowest BCUT2D eigenvalue weighted by molar-refractivity contribution is 0.440. The summed E-state index contributed by atoms with van der Waals surface area (Å²) in [5.74, 6) is 0.360. The molecule has 0 saturated heterocycles. The summed E-state index contributed by atoms with van der Waals surface area (Å²) < 4.78 is 24.9. The standard InChI is InChI=1S/C10H14O3S/c1-2-3-4-9-5-7-10(8-6-9)13-14(11)12/h5-8H,2-4H2,1H3,(H,11,12)/p-1. The van der Waals surface area contributed by atoms with Crippen molar-refractivity contribution >= 4 is 11.4 Å². The Morgan fingerprint density at radius 1 is 1.36 bits per heavy atom. The molecule has 0 radical (unpaired) electrons. The van der Waals surface area contributed by atoms with Crippen molar-refractivity contribution in [2.24, 2.45) is 0 Å². The third-order valence-corrected chi connectivity index (χ3v) is 2.24. The summed E-state index contributed by atoms with van der Waals surface area (Å²) in [6.07, 6.45) is 3.33. The van der Waals surface area contributed by atoms with Gasteiger partial charge < -0.3 is 8.74 Å². The Morgan fingerprint density at radius 2 is 2.00 bits per heavy atom. The molecule has 0 spiro atoms. The fourth-order valence-electron chi connectivity index (χ4n) is 1.17. The number of benzene rings is 1. The van der Waals surface area contributed by atoms with E-state index in [0.29, 0.717) is 5.75 Å². The summed E-state index contributed by atoms with van der Waals surface area (Å²) in [6.45, 7) is 2.14. The lowest BCUT2D eigenvalue weighted by Crippen LogP contribution is -1.97. The van der Waals surface area contributed by atoms with Crippen LogP contribution in [0.4, 0.5) is 0 Å². The maximum atomic E-state index is 10.2. The van der Waals surface area contributed by atoms with Crippen molar-refractivity contribution in [3.8, 4) is 5.75 Å². The van der Waals surface area contributed by atoms with Crippen LogP contribution in [-0.4, -0.2) is 8.76 Å². The van der Waals surface area contributed by atoms with E-state index in [0.717, 1.165) is 19.3 Å². The summed E-state index contributed by atoms with van der Waals surface area (Å²) in [4.78, 5) is 0. The van der Waals surface area contributed by atoms with E-state index >= 15 is 0 Å². The zero-order valence-corrected chi connectivity index (χ0v) is 8.88. The molecule has 0 aliphatic heterocycles. The molecule has 0 aliphatic rings. The van der Waals surface area contributed by atoms with Gasteiger partial charge in [-0.1, -0.05) is 25.5 Å². The summed E-state index contributed by atoms with van der Waals surface area (Å²) in [6, 6.07) is 7.11. The third kappa shape index (κ3) is 3.89. The second kappa shape index (κ2) is 5.78. The molecule has 3 nitrogen and oxygen atoms in total. The molecular formula is C10H13O3S-. The van der Waals surface area contributed by atoms with Crippen molar-refractivity contribution in [3.05, 3.63) is 29.8 Å². The van der Waals surface area contributed by atoms with Gasteiger partial charge in [-0.2, -0.15) is 0 Å². The molecule has 1 aromatic carbocycles. The maximum Gasteiger partial charge on any atom is 0.139 e. The zero-order valence-electron chi connectivity index (χ0n) is 8.06. The Morgan fingerprint density at radius 3 is 2.50 bits per heavy atom. The van der Waals surface area contributed by atoms with Gasteiger partial charge in [0, 0.05) is 0 Å². The van der Waals surface area contributed by atoms with Gasteiger partial charge in [0.05, 0.1) is 0 Å². The molecule has 1 atom stereocenters. The Balaban J connectivity index is 2.54. The van der Waals surface area contributed by atoms with Crippen LogP contribution in [-0.2, 0) is 17.8 Å². The highest BCUT2D eigenvalue weighted by Crippen LogP contribution is 2.14. The molecule has 1 rings (SSSR count). The number of hydrogen-bond donors (Lipinski definition) is 0. The minimum atomic E-state index is -2.48. The van der Waals surface area contributed by atoms with Gasteiger partial charge in [0.1, 0.15) is 17.1 Å². The molecule has 14 heavy (non-hydrogen) atoms. The number of unbranched alkanes of at least 4 members (excludes halogenated alkanes) is 1. The topological polar surface area (TPSA) is 49.4 Å². The van der Waals surface area contributed by atoms with Gasteiger partial charge >= 0.3 is 0 Å². The number of hydrogen-bond acceptors (Lipinski definition) is 3. The van der Waals surface area contributed by atoms with Gasteiger partial charge in [0.2, 0.25) is 0 Å². The van der Waals surface area contributed by atoms with Crippen LogP contribution in [0.5, 0.6) is 5.75 Å². The highest BCUT2D eigenvalue weighted by molar-refractivity contribution is 7.74. The van der Waals surface area contributed by atoms with Crippen molar-refractivity contribution in [2.45, 2.75) is 26.2 Å².